The van der Waals surface area contributed by atoms with Gasteiger partial charge < -0.3 is 10.4 Å². The molecule has 1 saturated carbocycles. The van der Waals surface area contributed by atoms with Gasteiger partial charge in [0, 0.05) is 19.5 Å². The Labute approximate surface area is 98.6 Å². The van der Waals surface area contributed by atoms with Crippen molar-refractivity contribution < 1.29 is 10.0 Å². The lowest BCUT2D eigenvalue weighted by Gasteiger charge is -2.14. The first-order valence-electron chi connectivity index (χ1n) is 5.68. The van der Waals surface area contributed by atoms with Gasteiger partial charge in [0.15, 0.2) is 0 Å². The van der Waals surface area contributed by atoms with Crippen molar-refractivity contribution in [1.29, 1.82) is 0 Å². The molecule has 1 aromatic heterocycles. The highest BCUT2D eigenvalue weighted by Gasteiger charge is 2.26. The van der Waals surface area contributed by atoms with Crippen LogP contribution in [-0.2, 0) is 7.05 Å². The number of aromatic nitrogens is 2. The van der Waals surface area contributed by atoms with Gasteiger partial charge in [-0.05, 0) is 12.8 Å². The van der Waals surface area contributed by atoms with E-state index in [1.54, 1.807) is 7.05 Å². The van der Waals surface area contributed by atoms with Crippen LogP contribution in [0.3, 0.4) is 0 Å². The van der Waals surface area contributed by atoms with E-state index < -0.39 is 4.92 Å². The summed E-state index contributed by atoms with van der Waals surface area (Å²) in [7, 11) is 1.64. The zero-order valence-corrected chi connectivity index (χ0v) is 9.67. The van der Waals surface area contributed by atoms with Crippen molar-refractivity contribution in [3.8, 4) is 0 Å². The van der Waals surface area contributed by atoms with Crippen molar-refractivity contribution in [2.24, 2.45) is 13.0 Å². The highest BCUT2D eigenvalue weighted by atomic mass is 16.6. The molecule has 0 spiro atoms. The number of nitrogens with zero attached hydrogens (tertiary/aromatic N) is 3. The molecular weight excluding hydrogens is 224 g/mol. The third kappa shape index (κ3) is 2.55. The van der Waals surface area contributed by atoms with Crippen LogP contribution in [0.2, 0.25) is 0 Å². The van der Waals surface area contributed by atoms with E-state index >= 15 is 0 Å². The van der Waals surface area contributed by atoms with Gasteiger partial charge in [0.05, 0.1) is 11.0 Å². The molecule has 2 atom stereocenters. The smallest absolute Gasteiger partial charge is 0.330 e. The molecule has 1 aliphatic rings. The monoisotopic (exact) mass is 240 g/mol. The number of hydrogen-bond acceptors (Lipinski definition) is 5. The van der Waals surface area contributed by atoms with E-state index in [1.807, 2.05) is 0 Å². The fourth-order valence-corrected chi connectivity index (χ4v) is 2.22. The molecule has 7 nitrogen and oxygen atoms in total. The summed E-state index contributed by atoms with van der Waals surface area (Å²) in [5.41, 5.74) is -0.0278. The van der Waals surface area contributed by atoms with Gasteiger partial charge in [-0.25, -0.2) is 0 Å². The summed E-state index contributed by atoms with van der Waals surface area (Å²) in [5.74, 6) is 0.438. The molecule has 0 amide bonds. The molecule has 0 aliphatic heterocycles. The van der Waals surface area contributed by atoms with Crippen molar-refractivity contribution >= 4 is 11.5 Å². The molecule has 2 N–H and O–H groups in total. The average Bonchev–Trinajstić information content (AvgIpc) is 2.82. The Morgan fingerprint density at radius 2 is 2.47 bits per heavy atom. The van der Waals surface area contributed by atoms with Crippen LogP contribution < -0.4 is 5.32 Å². The maximum atomic E-state index is 10.8. The van der Waals surface area contributed by atoms with Crippen LogP contribution >= 0.6 is 0 Å². The van der Waals surface area contributed by atoms with E-state index in [4.69, 9.17) is 0 Å². The van der Waals surface area contributed by atoms with E-state index in [0.29, 0.717) is 6.54 Å². The zero-order chi connectivity index (χ0) is 12.4. The second kappa shape index (κ2) is 4.70. The normalized spacial score (nSPS) is 23.9. The average molecular weight is 240 g/mol. The van der Waals surface area contributed by atoms with Crippen LogP contribution in [0.1, 0.15) is 19.3 Å². The van der Waals surface area contributed by atoms with Crippen molar-refractivity contribution in [2.45, 2.75) is 25.4 Å². The number of aliphatic hydroxyl groups is 1. The molecule has 0 aromatic carbocycles. The van der Waals surface area contributed by atoms with Crippen LogP contribution in [0.4, 0.5) is 11.5 Å². The number of aryl methyl sites for hydroxylation is 1. The molecule has 0 radical (unpaired) electrons. The van der Waals surface area contributed by atoms with Crippen molar-refractivity contribution in [3.63, 3.8) is 0 Å². The molecule has 2 rings (SSSR count). The first-order chi connectivity index (χ1) is 8.08. The molecule has 94 valence electrons. The Bertz CT molecular complexity index is 418. The van der Waals surface area contributed by atoms with Crippen molar-refractivity contribution in [3.05, 3.63) is 16.3 Å². The molecule has 7 heteroatoms. The number of nitrogens with one attached hydrogen (secondary N) is 1. The number of hydrogen-bond donors (Lipinski definition) is 2. The Morgan fingerprint density at radius 3 is 3.06 bits per heavy atom. The van der Waals surface area contributed by atoms with E-state index in [9.17, 15) is 15.2 Å². The van der Waals surface area contributed by atoms with E-state index in [1.165, 1.54) is 10.9 Å². The summed E-state index contributed by atoms with van der Waals surface area (Å²) in [5, 5.41) is 27.4. The molecule has 1 aliphatic carbocycles. The summed E-state index contributed by atoms with van der Waals surface area (Å²) < 4.78 is 1.41. The van der Waals surface area contributed by atoms with E-state index in [0.717, 1.165) is 19.3 Å². The molecule has 2 unspecified atom stereocenters. The van der Waals surface area contributed by atoms with E-state index in [2.05, 4.69) is 10.4 Å². The summed E-state index contributed by atoms with van der Waals surface area (Å²) in [6.07, 6.45) is 3.85. The summed E-state index contributed by atoms with van der Waals surface area (Å²) in [4.78, 5) is 10.3. The van der Waals surface area contributed by atoms with Gasteiger partial charge in [0.2, 0.25) is 5.82 Å². The Morgan fingerprint density at radius 1 is 1.71 bits per heavy atom. The SMILES string of the molecule is Cn1cc([N+](=O)[O-])c(NCC2CCCC2O)n1. The second-order valence-electron chi connectivity index (χ2n) is 4.43. The minimum Gasteiger partial charge on any atom is -0.393 e. The van der Waals surface area contributed by atoms with Gasteiger partial charge >= 0.3 is 5.69 Å². The molecule has 0 bridgehead atoms. The number of anilines is 1. The zero-order valence-electron chi connectivity index (χ0n) is 9.67. The summed E-state index contributed by atoms with van der Waals surface area (Å²) >= 11 is 0. The van der Waals surface area contributed by atoms with Gasteiger partial charge in [-0.2, -0.15) is 0 Å². The van der Waals surface area contributed by atoms with Crippen LogP contribution in [0, 0.1) is 16.0 Å². The van der Waals surface area contributed by atoms with Gasteiger partial charge in [0.25, 0.3) is 0 Å². The number of rotatable bonds is 4. The van der Waals surface area contributed by atoms with Gasteiger partial charge in [-0.3, -0.25) is 14.8 Å². The molecule has 0 saturated heterocycles. The largest absolute Gasteiger partial charge is 0.393 e. The lowest BCUT2D eigenvalue weighted by molar-refractivity contribution is -0.384. The Hall–Kier alpha value is -1.63. The predicted octanol–water partition coefficient (Wildman–Crippen LogP) is 0.901. The standard InChI is InChI=1S/C10H16N4O3/c1-13-6-8(14(16)17)10(12-13)11-5-7-3-2-4-9(7)15/h6-7,9,15H,2-5H2,1H3,(H,11,12). The van der Waals surface area contributed by atoms with Gasteiger partial charge in [-0.1, -0.05) is 6.42 Å². The predicted molar refractivity (Wildman–Crippen MR) is 61.7 cm³/mol. The fourth-order valence-electron chi connectivity index (χ4n) is 2.22. The lowest BCUT2D eigenvalue weighted by Crippen LogP contribution is -2.22. The molecule has 1 heterocycles. The first-order valence-corrected chi connectivity index (χ1v) is 5.68. The Kier molecular flexibility index (Phi) is 3.28. The van der Waals surface area contributed by atoms with Gasteiger partial charge in [-0.15, -0.1) is 5.10 Å². The molecule has 17 heavy (non-hydrogen) atoms. The quantitative estimate of drug-likeness (QED) is 0.602. The molecule has 1 aromatic rings. The maximum Gasteiger partial charge on any atom is 0.330 e. The first kappa shape index (κ1) is 11.8. The minimum absolute atomic E-state index is 0.0278. The second-order valence-corrected chi connectivity index (χ2v) is 4.43. The maximum absolute atomic E-state index is 10.8. The van der Waals surface area contributed by atoms with Crippen molar-refractivity contribution in [1.82, 2.24) is 9.78 Å². The summed E-state index contributed by atoms with van der Waals surface area (Å²) in [6.45, 7) is 0.527. The van der Waals surface area contributed by atoms with Crippen LogP contribution in [0.25, 0.3) is 0 Å². The third-order valence-corrected chi connectivity index (χ3v) is 3.16. The highest BCUT2D eigenvalue weighted by Crippen LogP contribution is 2.27. The topological polar surface area (TPSA) is 93.2 Å². The number of nitro groups is 1. The summed E-state index contributed by atoms with van der Waals surface area (Å²) in [6, 6.07) is 0. The highest BCUT2D eigenvalue weighted by molar-refractivity contribution is 5.54. The minimum atomic E-state index is -0.458. The lowest BCUT2D eigenvalue weighted by atomic mass is 10.1. The third-order valence-electron chi connectivity index (χ3n) is 3.16. The molecule has 1 fully saturated rings. The van der Waals surface area contributed by atoms with E-state index in [-0.39, 0.29) is 23.5 Å². The van der Waals surface area contributed by atoms with Gasteiger partial charge in [0.1, 0.15) is 6.20 Å². The van der Waals surface area contributed by atoms with Crippen LogP contribution in [-0.4, -0.2) is 32.5 Å². The van der Waals surface area contributed by atoms with Crippen LogP contribution in [0.5, 0.6) is 0 Å². The molecular formula is C10H16N4O3. The number of aliphatic hydroxyl groups excluding tert-OH is 1. The van der Waals surface area contributed by atoms with Crippen molar-refractivity contribution in [2.75, 3.05) is 11.9 Å². The Balaban J connectivity index is 2.01. The van der Waals surface area contributed by atoms with Crippen LogP contribution in [0.15, 0.2) is 6.20 Å². The fraction of sp³-hybridized carbons (Fsp3) is 0.700.